The molecule has 1 aromatic heterocycles. The van der Waals surface area contributed by atoms with Crippen molar-refractivity contribution in [2.24, 2.45) is 5.92 Å². The normalized spacial score (nSPS) is 15.0. The van der Waals surface area contributed by atoms with Gasteiger partial charge in [-0.25, -0.2) is 0 Å². The highest BCUT2D eigenvalue weighted by molar-refractivity contribution is 5.98. The van der Waals surface area contributed by atoms with Crippen molar-refractivity contribution >= 4 is 22.6 Å². The van der Waals surface area contributed by atoms with Gasteiger partial charge in [0.2, 0.25) is 5.91 Å². The number of H-pyrrole nitrogens is 1. The van der Waals surface area contributed by atoms with Gasteiger partial charge in [0.15, 0.2) is 5.78 Å². The minimum Gasteiger partial charge on any atom is -0.497 e. The SMILES string of the molecule is COc1ccc(C(=O)C2CCN(C(=O)Cc3c[nH]c4ccccc34)CC2)cc1. The molecule has 0 unspecified atom stereocenters. The number of nitrogens with one attached hydrogen (secondary N) is 1. The van der Waals surface area contributed by atoms with Crippen LogP contribution in [-0.2, 0) is 11.2 Å². The van der Waals surface area contributed by atoms with E-state index in [4.69, 9.17) is 4.74 Å². The zero-order valence-corrected chi connectivity index (χ0v) is 16.0. The maximum Gasteiger partial charge on any atom is 0.227 e. The number of para-hydroxylation sites is 1. The predicted molar refractivity (Wildman–Crippen MR) is 109 cm³/mol. The summed E-state index contributed by atoms with van der Waals surface area (Å²) in [6.07, 6.45) is 3.73. The van der Waals surface area contributed by atoms with E-state index in [1.54, 1.807) is 7.11 Å². The van der Waals surface area contributed by atoms with Crippen LogP contribution in [0.15, 0.2) is 54.7 Å². The molecule has 1 amide bonds. The maximum absolute atomic E-state index is 12.7. The number of ether oxygens (including phenoxy) is 1. The van der Waals surface area contributed by atoms with E-state index in [2.05, 4.69) is 4.98 Å². The number of ketones is 1. The molecule has 0 spiro atoms. The topological polar surface area (TPSA) is 62.4 Å². The lowest BCUT2D eigenvalue weighted by molar-refractivity contribution is -0.131. The molecule has 3 aromatic rings. The summed E-state index contributed by atoms with van der Waals surface area (Å²) in [4.78, 5) is 30.6. The number of hydrogen-bond acceptors (Lipinski definition) is 3. The van der Waals surface area contributed by atoms with Gasteiger partial charge in [-0.15, -0.1) is 0 Å². The summed E-state index contributed by atoms with van der Waals surface area (Å²) in [7, 11) is 1.61. The highest BCUT2D eigenvalue weighted by atomic mass is 16.5. The second-order valence-electron chi connectivity index (χ2n) is 7.28. The van der Waals surface area contributed by atoms with Gasteiger partial charge in [0.05, 0.1) is 13.5 Å². The fourth-order valence-electron chi connectivity index (χ4n) is 3.93. The standard InChI is InChI=1S/C23H24N2O3/c1-28-19-8-6-16(7-9-19)23(27)17-10-12-25(13-11-17)22(26)14-18-15-24-21-5-3-2-4-20(18)21/h2-9,15,17,24H,10-14H2,1H3. The Hall–Kier alpha value is -3.08. The second kappa shape index (κ2) is 7.89. The van der Waals surface area contributed by atoms with Gasteiger partial charge in [0.1, 0.15) is 5.75 Å². The number of rotatable bonds is 5. The van der Waals surface area contributed by atoms with E-state index in [0.717, 1.165) is 22.2 Å². The molecule has 1 saturated heterocycles. The number of piperidine rings is 1. The lowest BCUT2D eigenvalue weighted by Crippen LogP contribution is -2.41. The number of benzene rings is 2. The van der Waals surface area contributed by atoms with Crippen molar-refractivity contribution in [1.29, 1.82) is 0 Å². The Kier molecular flexibility index (Phi) is 5.15. The van der Waals surface area contributed by atoms with Crippen LogP contribution in [0, 0.1) is 5.92 Å². The van der Waals surface area contributed by atoms with E-state index in [1.807, 2.05) is 59.6 Å². The molecule has 1 aliphatic heterocycles. The monoisotopic (exact) mass is 376 g/mol. The van der Waals surface area contributed by atoms with Crippen LogP contribution in [0.4, 0.5) is 0 Å². The van der Waals surface area contributed by atoms with Crippen LogP contribution < -0.4 is 4.74 Å². The zero-order chi connectivity index (χ0) is 19.5. The number of hydrogen-bond donors (Lipinski definition) is 1. The molecule has 2 heterocycles. The van der Waals surface area contributed by atoms with Crippen molar-refractivity contribution in [1.82, 2.24) is 9.88 Å². The first-order valence-corrected chi connectivity index (χ1v) is 9.67. The van der Waals surface area contributed by atoms with E-state index in [9.17, 15) is 9.59 Å². The highest BCUT2D eigenvalue weighted by Gasteiger charge is 2.28. The van der Waals surface area contributed by atoms with Gasteiger partial charge < -0.3 is 14.6 Å². The van der Waals surface area contributed by atoms with Crippen LogP contribution in [0.2, 0.25) is 0 Å². The first kappa shape index (κ1) is 18.3. The lowest BCUT2D eigenvalue weighted by atomic mass is 9.88. The third kappa shape index (κ3) is 3.65. The third-order valence-corrected chi connectivity index (χ3v) is 5.61. The summed E-state index contributed by atoms with van der Waals surface area (Å²) >= 11 is 0. The maximum atomic E-state index is 12.7. The van der Waals surface area contributed by atoms with Gasteiger partial charge in [-0.2, -0.15) is 0 Å². The van der Waals surface area contributed by atoms with Gasteiger partial charge in [0, 0.05) is 41.7 Å². The van der Waals surface area contributed by atoms with Gasteiger partial charge in [0.25, 0.3) is 0 Å². The average molecular weight is 376 g/mol. The average Bonchev–Trinajstić information content (AvgIpc) is 3.16. The van der Waals surface area contributed by atoms with Crippen molar-refractivity contribution in [3.8, 4) is 5.75 Å². The summed E-state index contributed by atoms with van der Waals surface area (Å²) in [5.74, 6) is 1.01. The number of methoxy groups -OCH3 is 1. The number of aromatic nitrogens is 1. The largest absolute Gasteiger partial charge is 0.497 e. The van der Waals surface area contributed by atoms with E-state index < -0.39 is 0 Å². The molecular formula is C23H24N2O3. The fourth-order valence-corrected chi connectivity index (χ4v) is 3.93. The van der Waals surface area contributed by atoms with Crippen LogP contribution in [0.25, 0.3) is 10.9 Å². The van der Waals surface area contributed by atoms with E-state index >= 15 is 0 Å². The quantitative estimate of drug-likeness (QED) is 0.688. The first-order chi connectivity index (χ1) is 13.7. The second-order valence-corrected chi connectivity index (χ2v) is 7.28. The van der Waals surface area contributed by atoms with Crippen LogP contribution in [0.3, 0.4) is 0 Å². The minimum atomic E-state index is -0.0227. The van der Waals surface area contributed by atoms with E-state index in [-0.39, 0.29) is 17.6 Å². The highest BCUT2D eigenvalue weighted by Crippen LogP contribution is 2.24. The number of amides is 1. The summed E-state index contributed by atoms with van der Waals surface area (Å²) in [5.41, 5.74) is 2.79. The van der Waals surface area contributed by atoms with Crippen LogP contribution in [0.1, 0.15) is 28.8 Å². The molecule has 0 atom stereocenters. The molecule has 0 bridgehead atoms. The van der Waals surface area contributed by atoms with Crippen molar-refractivity contribution in [2.75, 3.05) is 20.2 Å². The molecule has 0 saturated carbocycles. The summed E-state index contributed by atoms with van der Waals surface area (Å²) < 4.78 is 5.15. The number of carbonyl (C=O) groups excluding carboxylic acids is 2. The number of carbonyl (C=O) groups is 2. The summed E-state index contributed by atoms with van der Waals surface area (Å²) in [6, 6.07) is 15.3. The lowest BCUT2D eigenvalue weighted by Gasteiger charge is -2.31. The van der Waals surface area contributed by atoms with E-state index in [1.165, 1.54) is 0 Å². The Morgan fingerprint density at radius 1 is 1.07 bits per heavy atom. The molecular weight excluding hydrogens is 352 g/mol. The Balaban J connectivity index is 1.35. The Morgan fingerprint density at radius 3 is 2.50 bits per heavy atom. The molecule has 5 nitrogen and oxygen atoms in total. The van der Waals surface area contributed by atoms with Crippen molar-refractivity contribution in [3.05, 3.63) is 65.9 Å². The van der Waals surface area contributed by atoms with Gasteiger partial charge in [-0.1, -0.05) is 18.2 Å². The van der Waals surface area contributed by atoms with Crippen molar-refractivity contribution in [3.63, 3.8) is 0 Å². The van der Waals surface area contributed by atoms with Crippen LogP contribution >= 0.6 is 0 Å². The number of fused-ring (bicyclic) bond motifs is 1. The first-order valence-electron chi connectivity index (χ1n) is 9.67. The molecule has 1 N–H and O–H groups in total. The van der Waals surface area contributed by atoms with Crippen LogP contribution in [0.5, 0.6) is 5.75 Å². The number of Topliss-reactive ketones (excluding diaryl/α,β-unsaturated/α-hetero) is 1. The molecule has 0 radical (unpaired) electrons. The fraction of sp³-hybridized carbons (Fsp3) is 0.304. The van der Waals surface area contributed by atoms with Crippen molar-refractivity contribution < 1.29 is 14.3 Å². The third-order valence-electron chi connectivity index (χ3n) is 5.61. The predicted octanol–water partition coefficient (Wildman–Crippen LogP) is 3.84. The molecule has 4 rings (SSSR count). The molecule has 28 heavy (non-hydrogen) atoms. The molecule has 2 aromatic carbocycles. The summed E-state index contributed by atoms with van der Waals surface area (Å²) in [5, 5.41) is 1.10. The molecule has 1 aliphatic rings. The van der Waals surface area contributed by atoms with Gasteiger partial charge in [-0.3, -0.25) is 9.59 Å². The Labute approximate surface area is 164 Å². The molecule has 5 heteroatoms. The van der Waals surface area contributed by atoms with Gasteiger partial charge in [-0.05, 0) is 48.7 Å². The zero-order valence-electron chi connectivity index (χ0n) is 16.0. The van der Waals surface area contributed by atoms with Gasteiger partial charge >= 0.3 is 0 Å². The van der Waals surface area contributed by atoms with Crippen molar-refractivity contribution in [2.45, 2.75) is 19.3 Å². The Morgan fingerprint density at radius 2 is 1.79 bits per heavy atom. The number of aromatic amines is 1. The van der Waals surface area contributed by atoms with Crippen LogP contribution in [-0.4, -0.2) is 41.8 Å². The number of likely N-dealkylation sites (tertiary alicyclic amines) is 1. The van der Waals surface area contributed by atoms with E-state index in [0.29, 0.717) is 37.9 Å². The minimum absolute atomic E-state index is 0.0227. The molecule has 1 fully saturated rings. The Bertz CT molecular complexity index is 983. The molecule has 0 aliphatic carbocycles. The molecule has 144 valence electrons. The smallest absolute Gasteiger partial charge is 0.227 e. The number of nitrogens with zero attached hydrogens (tertiary/aromatic N) is 1. The summed E-state index contributed by atoms with van der Waals surface area (Å²) in [6.45, 7) is 1.27.